The first-order valence-electron chi connectivity index (χ1n) is 6.97. The lowest BCUT2D eigenvalue weighted by atomic mass is 9.97. The first-order chi connectivity index (χ1) is 9.22. The Morgan fingerprint density at radius 3 is 2.89 bits per heavy atom. The van der Waals surface area contributed by atoms with Crippen LogP contribution in [0.2, 0.25) is 0 Å². The minimum Gasteiger partial charge on any atom is -0.353 e. The Bertz CT molecular complexity index is 554. The van der Waals surface area contributed by atoms with Gasteiger partial charge in [-0.1, -0.05) is 6.07 Å². The van der Waals surface area contributed by atoms with Crippen LogP contribution in [0.15, 0.2) is 18.3 Å². The standard InChI is InChI=1S/C14H21N5/c1-11-4-3-7-19-13(11)16-14(17-19)15-10-12-5-8-18(2)9-6-12/h3-4,7,12H,5-6,8-10H2,1-2H3,(H,15,17). The predicted octanol–water partition coefficient (Wildman–Crippen LogP) is 1.79. The van der Waals surface area contributed by atoms with E-state index in [-0.39, 0.29) is 0 Å². The molecule has 2 aromatic rings. The first-order valence-corrected chi connectivity index (χ1v) is 6.97. The van der Waals surface area contributed by atoms with Gasteiger partial charge in [0.15, 0.2) is 5.65 Å². The van der Waals surface area contributed by atoms with Crippen LogP contribution in [0.25, 0.3) is 5.65 Å². The van der Waals surface area contributed by atoms with Crippen LogP contribution in [-0.4, -0.2) is 46.2 Å². The van der Waals surface area contributed by atoms with Gasteiger partial charge < -0.3 is 10.2 Å². The lowest BCUT2D eigenvalue weighted by Gasteiger charge is -2.28. The number of nitrogens with one attached hydrogen (secondary N) is 1. The van der Waals surface area contributed by atoms with Crippen molar-refractivity contribution >= 4 is 11.6 Å². The number of aromatic nitrogens is 3. The topological polar surface area (TPSA) is 45.5 Å². The van der Waals surface area contributed by atoms with Crippen LogP contribution >= 0.6 is 0 Å². The van der Waals surface area contributed by atoms with Crippen molar-refractivity contribution in [2.24, 2.45) is 5.92 Å². The molecule has 0 radical (unpaired) electrons. The van der Waals surface area contributed by atoms with Crippen molar-refractivity contribution < 1.29 is 0 Å². The summed E-state index contributed by atoms with van der Waals surface area (Å²) >= 11 is 0. The van der Waals surface area contributed by atoms with Gasteiger partial charge in [0.1, 0.15) is 0 Å². The summed E-state index contributed by atoms with van der Waals surface area (Å²) in [5, 5.41) is 7.84. The summed E-state index contributed by atoms with van der Waals surface area (Å²) < 4.78 is 1.84. The van der Waals surface area contributed by atoms with Crippen LogP contribution in [-0.2, 0) is 0 Å². The maximum absolute atomic E-state index is 4.54. The maximum atomic E-state index is 4.54. The van der Waals surface area contributed by atoms with E-state index < -0.39 is 0 Å². The molecule has 19 heavy (non-hydrogen) atoms. The fourth-order valence-corrected chi connectivity index (χ4v) is 2.62. The zero-order valence-electron chi connectivity index (χ0n) is 11.6. The second-order valence-corrected chi connectivity index (χ2v) is 5.52. The highest BCUT2D eigenvalue weighted by Gasteiger charge is 2.17. The molecule has 5 nitrogen and oxygen atoms in total. The molecule has 0 amide bonds. The summed E-state index contributed by atoms with van der Waals surface area (Å²) in [6.45, 7) is 5.43. The van der Waals surface area contributed by atoms with Crippen molar-refractivity contribution in [1.82, 2.24) is 19.5 Å². The van der Waals surface area contributed by atoms with Gasteiger partial charge in [-0.3, -0.25) is 0 Å². The number of anilines is 1. The Hall–Kier alpha value is -1.62. The van der Waals surface area contributed by atoms with Gasteiger partial charge in [-0.05, 0) is 57.5 Å². The van der Waals surface area contributed by atoms with Gasteiger partial charge >= 0.3 is 0 Å². The second-order valence-electron chi connectivity index (χ2n) is 5.52. The van der Waals surface area contributed by atoms with Crippen molar-refractivity contribution in [3.8, 4) is 0 Å². The first kappa shape index (κ1) is 12.4. The Morgan fingerprint density at radius 1 is 1.37 bits per heavy atom. The Balaban J connectivity index is 1.64. The molecule has 1 saturated heterocycles. The molecule has 1 fully saturated rings. The number of hydrogen-bond acceptors (Lipinski definition) is 4. The molecule has 0 aliphatic carbocycles. The number of fused-ring (bicyclic) bond motifs is 1. The van der Waals surface area contributed by atoms with E-state index in [1.54, 1.807) is 0 Å². The summed E-state index contributed by atoms with van der Waals surface area (Å²) in [5.41, 5.74) is 2.09. The maximum Gasteiger partial charge on any atom is 0.243 e. The molecule has 0 saturated carbocycles. The molecule has 1 aliphatic rings. The highest BCUT2D eigenvalue weighted by Crippen LogP contribution is 2.17. The van der Waals surface area contributed by atoms with E-state index in [1.807, 2.05) is 16.8 Å². The van der Waals surface area contributed by atoms with Crippen molar-refractivity contribution in [3.05, 3.63) is 23.9 Å². The monoisotopic (exact) mass is 259 g/mol. The van der Waals surface area contributed by atoms with E-state index >= 15 is 0 Å². The van der Waals surface area contributed by atoms with Gasteiger partial charge in [0.05, 0.1) is 0 Å². The van der Waals surface area contributed by atoms with Crippen LogP contribution in [0.4, 0.5) is 5.95 Å². The number of hydrogen-bond donors (Lipinski definition) is 1. The Morgan fingerprint density at radius 2 is 2.16 bits per heavy atom. The fourth-order valence-electron chi connectivity index (χ4n) is 2.62. The molecule has 5 heteroatoms. The third-order valence-corrected chi connectivity index (χ3v) is 3.94. The fraction of sp³-hybridized carbons (Fsp3) is 0.571. The molecule has 3 rings (SSSR count). The van der Waals surface area contributed by atoms with E-state index in [2.05, 4.69) is 40.3 Å². The van der Waals surface area contributed by atoms with Crippen molar-refractivity contribution in [2.75, 3.05) is 32.0 Å². The largest absolute Gasteiger partial charge is 0.353 e. The summed E-state index contributed by atoms with van der Waals surface area (Å²) in [5.74, 6) is 1.48. The Labute approximate surface area is 113 Å². The zero-order valence-corrected chi connectivity index (χ0v) is 11.6. The second kappa shape index (κ2) is 5.17. The number of nitrogens with zero attached hydrogens (tertiary/aromatic N) is 4. The van der Waals surface area contributed by atoms with Crippen molar-refractivity contribution in [2.45, 2.75) is 19.8 Å². The molecule has 2 aromatic heterocycles. The average molecular weight is 259 g/mol. The average Bonchev–Trinajstić information content (AvgIpc) is 2.83. The molecular formula is C14H21N5. The van der Waals surface area contributed by atoms with E-state index in [9.17, 15) is 0 Å². The lowest BCUT2D eigenvalue weighted by molar-refractivity contribution is 0.226. The van der Waals surface area contributed by atoms with Crippen molar-refractivity contribution in [3.63, 3.8) is 0 Å². The van der Waals surface area contributed by atoms with Crippen LogP contribution in [0.3, 0.4) is 0 Å². The van der Waals surface area contributed by atoms with E-state index in [1.165, 1.54) is 25.9 Å². The van der Waals surface area contributed by atoms with Gasteiger partial charge in [0.25, 0.3) is 0 Å². The SMILES string of the molecule is Cc1cccn2nc(NCC3CCN(C)CC3)nc12. The normalized spacial score (nSPS) is 18.0. The molecule has 1 aliphatic heterocycles. The van der Waals surface area contributed by atoms with E-state index in [0.29, 0.717) is 0 Å². The van der Waals surface area contributed by atoms with Crippen LogP contribution in [0, 0.1) is 12.8 Å². The van der Waals surface area contributed by atoms with Gasteiger partial charge in [0.2, 0.25) is 5.95 Å². The van der Waals surface area contributed by atoms with E-state index in [0.717, 1.165) is 29.6 Å². The third-order valence-electron chi connectivity index (χ3n) is 3.94. The molecule has 1 N–H and O–H groups in total. The van der Waals surface area contributed by atoms with E-state index in [4.69, 9.17) is 0 Å². The number of aryl methyl sites for hydroxylation is 1. The lowest BCUT2D eigenvalue weighted by Crippen LogP contribution is -2.33. The quantitative estimate of drug-likeness (QED) is 0.913. The van der Waals surface area contributed by atoms with Crippen LogP contribution < -0.4 is 5.32 Å². The number of piperidine rings is 1. The molecule has 102 valence electrons. The summed E-state index contributed by atoms with van der Waals surface area (Å²) in [6.07, 6.45) is 4.46. The van der Waals surface area contributed by atoms with Gasteiger partial charge in [-0.2, -0.15) is 4.98 Å². The number of likely N-dealkylation sites (tertiary alicyclic amines) is 1. The molecule has 0 aromatic carbocycles. The number of rotatable bonds is 3. The summed E-state index contributed by atoms with van der Waals surface area (Å²) in [7, 11) is 2.19. The van der Waals surface area contributed by atoms with Gasteiger partial charge in [-0.25, -0.2) is 4.52 Å². The minimum absolute atomic E-state index is 0.740. The molecule has 0 bridgehead atoms. The Kier molecular flexibility index (Phi) is 3.38. The highest BCUT2D eigenvalue weighted by atomic mass is 15.3. The molecule has 3 heterocycles. The van der Waals surface area contributed by atoms with Gasteiger partial charge in [0, 0.05) is 12.7 Å². The molecular weight excluding hydrogens is 238 g/mol. The highest BCUT2D eigenvalue weighted by molar-refractivity contribution is 5.49. The van der Waals surface area contributed by atoms with Crippen LogP contribution in [0.1, 0.15) is 18.4 Å². The predicted molar refractivity (Wildman–Crippen MR) is 76.4 cm³/mol. The molecule has 0 unspecified atom stereocenters. The number of pyridine rings is 1. The minimum atomic E-state index is 0.740. The third kappa shape index (κ3) is 2.71. The molecule has 0 spiro atoms. The zero-order chi connectivity index (χ0) is 13.2. The molecule has 0 atom stereocenters. The van der Waals surface area contributed by atoms with Crippen LogP contribution in [0.5, 0.6) is 0 Å². The van der Waals surface area contributed by atoms with Crippen molar-refractivity contribution in [1.29, 1.82) is 0 Å². The summed E-state index contributed by atoms with van der Waals surface area (Å²) in [4.78, 5) is 6.93. The smallest absolute Gasteiger partial charge is 0.243 e. The summed E-state index contributed by atoms with van der Waals surface area (Å²) in [6, 6.07) is 4.06. The van der Waals surface area contributed by atoms with Gasteiger partial charge in [-0.15, -0.1) is 5.10 Å².